The van der Waals surface area contributed by atoms with Crippen LogP contribution in [0.2, 0.25) is 0 Å². The smallest absolute Gasteiger partial charge is 0.274 e. The molecule has 0 radical (unpaired) electrons. The first-order valence-electron chi connectivity index (χ1n) is 9.53. The lowest BCUT2D eigenvalue weighted by atomic mass is 10.1. The first-order valence-corrected chi connectivity index (χ1v) is 9.53. The van der Waals surface area contributed by atoms with Gasteiger partial charge in [0.15, 0.2) is 11.5 Å². The number of terminal acetylenes is 1. The second kappa shape index (κ2) is 7.96. The summed E-state index contributed by atoms with van der Waals surface area (Å²) < 4.78 is 5.90. The Kier molecular flexibility index (Phi) is 5.60. The van der Waals surface area contributed by atoms with Crippen LogP contribution in [0.3, 0.4) is 0 Å². The molecule has 6 heteroatoms. The molecule has 0 spiro atoms. The highest BCUT2D eigenvalue weighted by molar-refractivity contribution is 6.10. The fourth-order valence-electron chi connectivity index (χ4n) is 2.77. The van der Waals surface area contributed by atoms with E-state index in [4.69, 9.17) is 16.2 Å². The van der Waals surface area contributed by atoms with Crippen LogP contribution in [0, 0.1) is 12.3 Å². The lowest BCUT2D eigenvalue weighted by molar-refractivity contribution is -0.118. The van der Waals surface area contributed by atoms with Crippen molar-refractivity contribution in [1.29, 1.82) is 0 Å². The number of allylic oxidation sites excluding steroid dienone is 2. The van der Waals surface area contributed by atoms with Gasteiger partial charge in [-0.3, -0.25) is 9.79 Å². The highest BCUT2D eigenvalue weighted by Crippen LogP contribution is 2.29. The monoisotopic (exact) mass is 390 g/mol. The van der Waals surface area contributed by atoms with Crippen LogP contribution in [0.4, 0.5) is 0 Å². The van der Waals surface area contributed by atoms with Gasteiger partial charge >= 0.3 is 0 Å². The molecule has 1 N–H and O–H groups in total. The van der Waals surface area contributed by atoms with Crippen LogP contribution >= 0.6 is 0 Å². The van der Waals surface area contributed by atoms with Crippen molar-refractivity contribution < 1.29 is 9.53 Å². The van der Waals surface area contributed by atoms with Gasteiger partial charge in [-0.25, -0.2) is 4.99 Å². The maximum Gasteiger partial charge on any atom is 0.274 e. The fraction of sp³-hybridized carbons (Fsp3) is 0.348. The van der Waals surface area contributed by atoms with Gasteiger partial charge in [0, 0.05) is 18.3 Å². The molecule has 6 nitrogen and oxygen atoms in total. The van der Waals surface area contributed by atoms with E-state index in [-0.39, 0.29) is 5.70 Å². The summed E-state index contributed by atoms with van der Waals surface area (Å²) in [6.07, 6.45) is 9.96. The summed E-state index contributed by atoms with van der Waals surface area (Å²) >= 11 is 0. The van der Waals surface area contributed by atoms with Crippen LogP contribution in [0.5, 0.6) is 5.75 Å². The second-order valence-electron chi connectivity index (χ2n) is 7.74. The zero-order valence-corrected chi connectivity index (χ0v) is 17.3. The number of amides is 1. The molecule has 0 atom stereocenters. The maximum atomic E-state index is 12.8. The Labute approximate surface area is 172 Å². The highest BCUT2D eigenvalue weighted by Gasteiger charge is 2.27. The summed E-state index contributed by atoms with van der Waals surface area (Å²) in [5.74, 6) is 3.35. The summed E-state index contributed by atoms with van der Waals surface area (Å²) in [7, 11) is 1.83. The lowest BCUT2D eigenvalue weighted by Crippen LogP contribution is -2.43. The minimum Gasteiger partial charge on any atom is -0.490 e. The summed E-state index contributed by atoms with van der Waals surface area (Å²) in [5.41, 5.74) is 1.85. The van der Waals surface area contributed by atoms with Gasteiger partial charge in [-0.1, -0.05) is 18.1 Å². The Morgan fingerprint density at radius 1 is 1.45 bits per heavy atom. The van der Waals surface area contributed by atoms with Crippen molar-refractivity contribution in [1.82, 2.24) is 10.2 Å². The molecule has 0 unspecified atom stereocenters. The Hall–Kier alpha value is -3.33. The van der Waals surface area contributed by atoms with Gasteiger partial charge in [0.2, 0.25) is 0 Å². The number of aliphatic imine (C=N–C) groups is 2. The molecule has 1 saturated carbocycles. The third-order valence-electron chi connectivity index (χ3n) is 4.75. The largest absolute Gasteiger partial charge is 0.490 e. The van der Waals surface area contributed by atoms with Crippen LogP contribution in [0.15, 0.2) is 57.5 Å². The van der Waals surface area contributed by atoms with Gasteiger partial charge in [-0.05, 0) is 58.5 Å². The van der Waals surface area contributed by atoms with E-state index in [1.165, 1.54) is 0 Å². The van der Waals surface area contributed by atoms with Crippen LogP contribution < -0.4 is 10.1 Å². The minimum absolute atomic E-state index is 0.117. The fourth-order valence-corrected chi connectivity index (χ4v) is 2.77. The van der Waals surface area contributed by atoms with Gasteiger partial charge in [0.05, 0.1) is 17.4 Å². The van der Waals surface area contributed by atoms with E-state index in [9.17, 15) is 4.79 Å². The number of carbonyl (C=O) groups is 1. The highest BCUT2D eigenvalue weighted by atomic mass is 16.5. The predicted molar refractivity (Wildman–Crippen MR) is 116 cm³/mol. The zero-order chi connectivity index (χ0) is 21.2. The number of nitrogens with one attached hydrogen (secondary N) is 1. The number of carbonyl (C=O) groups excluding carboxylic acids is 1. The van der Waals surface area contributed by atoms with Crippen molar-refractivity contribution >= 4 is 18.3 Å². The van der Waals surface area contributed by atoms with Crippen molar-refractivity contribution in [3.8, 4) is 18.1 Å². The molecule has 1 heterocycles. The quantitative estimate of drug-likeness (QED) is 0.461. The molecule has 1 aliphatic heterocycles. The second-order valence-corrected chi connectivity index (χ2v) is 7.74. The molecule has 0 saturated heterocycles. The van der Waals surface area contributed by atoms with Gasteiger partial charge < -0.3 is 15.0 Å². The van der Waals surface area contributed by atoms with Crippen molar-refractivity contribution in [2.24, 2.45) is 9.98 Å². The Bertz CT molecular complexity index is 975. The summed E-state index contributed by atoms with van der Waals surface area (Å²) in [5, 5.41) is 2.78. The molecular weight excluding hydrogens is 364 g/mol. The number of nitrogens with zero attached hydrogens (tertiary/aromatic N) is 3. The van der Waals surface area contributed by atoms with E-state index in [2.05, 4.69) is 22.9 Å². The topological polar surface area (TPSA) is 66.3 Å². The average Bonchev–Trinajstić information content (AvgIpc) is 3.49. The van der Waals surface area contributed by atoms with Crippen LogP contribution in [-0.4, -0.2) is 41.9 Å². The van der Waals surface area contributed by atoms with Crippen molar-refractivity contribution in [3.63, 3.8) is 0 Å². The van der Waals surface area contributed by atoms with Gasteiger partial charge in [-0.15, -0.1) is 6.42 Å². The van der Waals surface area contributed by atoms with Crippen molar-refractivity contribution in [2.75, 3.05) is 7.05 Å². The van der Waals surface area contributed by atoms with E-state index in [0.29, 0.717) is 11.9 Å². The first-order chi connectivity index (χ1) is 13.7. The Morgan fingerprint density at radius 2 is 2.17 bits per heavy atom. The molecule has 1 amide bonds. The molecule has 150 valence electrons. The van der Waals surface area contributed by atoms with Crippen molar-refractivity contribution in [3.05, 3.63) is 53.1 Å². The summed E-state index contributed by atoms with van der Waals surface area (Å²) in [6.45, 7) is 9.00. The van der Waals surface area contributed by atoms with Crippen LogP contribution in [-0.2, 0) is 4.79 Å². The van der Waals surface area contributed by atoms with E-state index < -0.39 is 11.4 Å². The zero-order valence-electron chi connectivity index (χ0n) is 17.3. The molecule has 0 aromatic heterocycles. The van der Waals surface area contributed by atoms with E-state index in [1.807, 2.05) is 44.3 Å². The minimum atomic E-state index is -0.813. The maximum absolute atomic E-state index is 12.8. The molecule has 1 fully saturated rings. The molecule has 0 bridgehead atoms. The molecule has 1 aromatic carbocycles. The first kappa shape index (κ1) is 20.4. The van der Waals surface area contributed by atoms with Crippen LogP contribution in [0.25, 0.3) is 0 Å². The number of ether oxygens (including phenoxy) is 1. The number of hydrogen-bond acceptors (Lipinski definition) is 5. The standard InChI is InChI=1S/C23H26N4O2/c1-7-23(3,4)26-22(28)20(24-5)21-25-19(13-15(2)27(21)6)16-9-8-10-18(14-16)29-17-11-12-17/h1,8-10,13-14,17H,5,11-12H2,2-4,6H3,(H,26,28)/b21-20-. The molecule has 3 rings (SSSR count). The SMILES string of the molecule is C#CC(C)(C)NC(=O)/C(N=C)=C1\N=C(c2cccc(OC3CC3)c2)C=C(C)N1C. The lowest BCUT2D eigenvalue weighted by Gasteiger charge is -2.27. The Morgan fingerprint density at radius 3 is 2.79 bits per heavy atom. The van der Waals surface area contributed by atoms with Gasteiger partial charge in [0.1, 0.15) is 5.75 Å². The normalized spacial score (nSPS) is 18.2. The number of benzene rings is 1. The third kappa shape index (κ3) is 4.75. The van der Waals surface area contributed by atoms with E-state index in [0.717, 1.165) is 35.6 Å². The Balaban J connectivity index is 2.00. The molecular formula is C23H26N4O2. The summed E-state index contributed by atoms with van der Waals surface area (Å²) in [4.78, 5) is 23.3. The van der Waals surface area contributed by atoms with Crippen LogP contribution in [0.1, 0.15) is 39.2 Å². The number of rotatable bonds is 6. The molecule has 1 aliphatic carbocycles. The van der Waals surface area contributed by atoms with E-state index in [1.54, 1.807) is 18.7 Å². The van der Waals surface area contributed by atoms with Crippen molar-refractivity contribution in [2.45, 2.75) is 45.3 Å². The molecule has 29 heavy (non-hydrogen) atoms. The average molecular weight is 390 g/mol. The third-order valence-corrected chi connectivity index (χ3v) is 4.75. The predicted octanol–water partition coefficient (Wildman–Crippen LogP) is 3.26. The van der Waals surface area contributed by atoms with Gasteiger partial charge in [0.25, 0.3) is 5.91 Å². The molecule has 1 aromatic rings. The van der Waals surface area contributed by atoms with Gasteiger partial charge in [-0.2, -0.15) is 0 Å². The molecule has 2 aliphatic rings. The van der Waals surface area contributed by atoms with E-state index >= 15 is 0 Å². The number of hydrogen-bond donors (Lipinski definition) is 1. The summed E-state index contributed by atoms with van der Waals surface area (Å²) in [6, 6.07) is 7.81.